The van der Waals surface area contributed by atoms with Crippen LogP contribution in [0, 0.1) is 17.5 Å². The molecule has 2 aromatic rings. The van der Waals surface area contributed by atoms with Crippen LogP contribution in [0.25, 0.3) is 10.4 Å². The van der Waals surface area contributed by atoms with Gasteiger partial charge in [-0.05, 0) is 24.6 Å². The van der Waals surface area contributed by atoms with E-state index in [2.05, 4.69) is 0 Å². The second-order valence-electron chi connectivity index (χ2n) is 4.29. The zero-order valence-corrected chi connectivity index (χ0v) is 11.3. The van der Waals surface area contributed by atoms with E-state index >= 15 is 0 Å². The second kappa shape index (κ2) is 5.91. The predicted molar refractivity (Wildman–Crippen MR) is 68.6 cm³/mol. The molecule has 0 bridgehead atoms. The van der Waals surface area contributed by atoms with Gasteiger partial charge in [-0.1, -0.05) is 13.3 Å². The smallest absolute Gasteiger partial charge is 0.206 e. The van der Waals surface area contributed by atoms with Crippen LogP contribution in [0.5, 0.6) is 0 Å². The number of halogens is 5. The van der Waals surface area contributed by atoms with Crippen LogP contribution >= 0.6 is 11.3 Å². The number of rotatable bonds is 4. The van der Waals surface area contributed by atoms with E-state index in [1.165, 1.54) is 6.07 Å². The summed E-state index contributed by atoms with van der Waals surface area (Å²) in [6, 6.07) is 2.80. The fourth-order valence-corrected chi connectivity index (χ4v) is 3.03. The first-order valence-electron chi connectivity index (χ1n) is 5.99. The van der Waals surface area contributed by atoms with Crippen molar-refractivity contribution < 1.29 is 22.0 Å². The largest absolute Gasteiger partial charge is 0.269 e. The van der Waals surface area contributed by atoms with Gasteiger partial charge in [0.2, 0.25) is 0 Å². The lowest BCUT2D eigenvalue weighted by atomic mass is 10.1. The molecule has 6 heteroatoms. The van der Waals surface area contributed by atoms with E-state index in [1.807, 2.05) is 6.92 Å². The topological polar surface area (TPSA) is 0 Å². The Morgan fingerprint density at radius 1 is 1.00 bits per heavy atom. The summed E-state index contributed by atoms with van der Waals surface area (Å²) in [4.78, 5) is 0.811. The molecule has 1 aromatic carbocycles. The molecule has 1 aromatic heterocycles. The maximum absolute atomic E-state index is 13.8. The number of hydrogen-bond acceptors (Lipinski definition) is 1. The Hall–Kier alpha value is -1.43. The van der Waals surface area contributed by atoms with Crippen LogP contribution in [-0.4, -0.2) is 0 Å². The molecule has 0 unspecified atom stereocenters. The lowest BCUT2D eigenvalue weighted by Gasteiger charge is -2.06. The molecule has 0 atom stereocenters. The van der Waals surface area contributed by atoms with E-state index in [9.17, 15) is 22.0 Å². The summed E-state index contributed by atoms with van der Waals surface area (Å²) in [5.74, 6) is -3.32. The third kappa shape index (κ3) is 2.85. The Morgan fingerprint density at radius 2 is 1.60 bits per heavy atom. The molecule has 0 saturated heterocycles. The number of alkyl halides is 2. The second-order valence-corrected chi connectivity index (χ2v) is 5.43. The zero-order chi connectivity index (χ0) is 14.9. The molecule has 1 heterocycles. The Balaban J connectivity index is 2.48. The van der Waals surface area contributed by atoms with Crippen LogP contribution in [0.3, 0.4) is 0 Å². The summed E-state index contributed by atoms with van der Waals surface area (Å²) in [5, 5.41) is 0. The Bertz CT molecular complexity index is 595. The third-order valence-corrected chi connectivity index (χ3v) is 4.01. The first kappa shape index (κ1) is 15.0. The molecule has 0 amide bonds. The van der Waals surface area contributed by atoms with Crippen LogP contribution in [0.2, 0.25) is 0 Å². The maximum Gasteiger partial charge on any atom is 0.269 e. The van der Waals surface area contributed by atoms with Gasteiger partial charge in [0, 0.05) is 10.4 Å². The van der Waals surface area contributed by atoms with Gasteiger partial charge in [-0.2, -0.15) is 0 Å². The minimum absolute atomic E-state index is 0.0609. The first-order valence-corrected chi connectivity index (χ1v) is 6.81. The summed E-state index contributed by atoms with van der Waals surface area (Å²) in [6.07, 6.45) is -1.78. The van der Waals surface area contributed by atoms with Gasteiger partial charge in [-0.3, -0.25) is 0 Å². The van der Waals surface area contributed by atoms with Crippen molar-refractivity contribution in [3.63, 3.8) is 0 Å². The SMILES string of the molecule is CCCc1cc(F)c(-c2cc(F)c(C(F)F)c(F)c2)s1. The molecule has 0 fully saturated rings. The van der Waals surface area contributed by atoms with Crippen LogP contribution in [-0.2, 0) is 6.42 Å². The molecule has 20 heavy (non-hydrogen) atoms. The summed E-state index contributed by atoms with van der Waals surface area (Å²) in [5.41, 5.74) is -1.34. The Morgan fingerprint density at radius 3 is 2.10 bits per heavy atom. The van der Waals surface area contributed by atoms with Gasteiger partial charge in [0.15, 0.2) is 0 Å². The molecule has 0 N–H and O–H groups in total. The molecule has 0 nitrogen and oxygen atoms in total. The van der Waals surface area contributed by atoms with Crippen LogP contribution < -0.4 is 0 Å². The summed E-state index contributed by atoms with van der Waals surface area (Å²) in [6.45, 7) is 1.92. The van der Waals surface area contributed by atoms with Gasteiger partial charge < -0.3 is 0 Å². The maximum atomic E-state index is 13.8. The van der Waals surface area contributed by atoms with Gasteiger partial charge in [-0.15, -0.1) is 11.3 Å². The van der Waals surface area contributed by atoms with Gasteiger partial charge >= 0.3 is 0 Å². The van der Waals surface area contributed by atoms with Crippen LogP contribution in [0.1, 0.15) is 30.2 Å². The third-order valence-electron chi connectivity index (χ3n) is 2.79. The van der Waals surface area contributed by atoms with Crippen LogP contribution in [0.15, 0.2) is 18.2 Å². The molecule has 2 rings (SSSR count). The van der Waals surface area contributed by atoms with Crippen molar-refractivity contribution in [2.24, 2.45) is 0 Å². The average molecular weight is 306 g/mol. The van der Waals surface area contributed by atoms with Gasteiger partial charge in [0.25, 0.3) is 6.43 Å². The van der Waals surface area contributed by atoms with Crippen molar-refractivity contribution in [1.82, 2.24) is 0 Å². The van der Waals surface area contributed by atoms with E-state index in [1.54, 1.807) is 0 Å². The van der Waals surface area contributed by atoms with E-state index in [-0.39, 0.29) is 10.4 Å². The minimum Gasteiger partial charge on any atom is -0.206 e. The monoisotopic (exact) mass is 306 g/mol. The quantitative estimate of drug-likeness (QED) is 0.633. The fraction of sp³-hybridized carbons (Fsp3) is 0.286. The normalized spacial score (nSPS) is 11.3. The van der Waals surface area contributed by atoms with E-state index < -0.39 is 29.4 Å². The average Bonchev–Trinajstić information content (AvgIpc) is 2.69. The molecule has 0 aliphatic heterocycles. The molecule has 0 saturated carbocycles. The number of aryl methyl sites for hydroxylation is 1. The zero-order valence-electron chi connectivity index (χ0n) is 10.5. The highest BCUT2D eigenvalue weighted by Gasteiger charge is 2.22. The van der Waals surface area contributed by atoms with Gasteiger partial charge in [0.05, 0.1) is 10.4 Å². The van der Waals surface area contributed by atoms with Crippen LogP contribution in [0.4, 0.5) is 22.0 Å². The molecule has 0 aliphatic carbocycles. The minimum atomic E-state index is -3.24. The highest BCUT2D eigenvalue weighted by Crippen LogP contribution is 2.35. The lowest BCUT2D eigenvalue weighted by Crippen LogP contribution is -1.97. The summed E-state index contributed by atoms with van der Waals surface area (Å²) >= 11 is 1.07. The van der Waals surface area contributed by atoms with Crippen molar-refractivity contribution in [2.75, 3.05) is 0 Å². The summed E-state index contributed by atoms with van der Waals surface area (Å²) < 4.78 is 65.7. The van der Waals surface area contributed by atoms with Gasteiger partial charge in [0.1, 0.15) is 17.5 Å². The first-order chi connectivity index (χ1) is 9.43. The van der Waals surface area contributed by atoms with Crippen molar-refractivity contribution in [2.45, 2.75) is 26.2 Å². The van der Waals surface area contributed by atoms with E-state index in [4.69, 9.17) is 0 Å². The Kier molecular flexibility index (Phi) is 4.42. The predicted octanol–water partition coefficient (Wildman–Crippen LogP) is 5.72. The van der Waals surface area contributed by atoms with Crippen molar-refractivity contribution in [1.29, 1.82) is 0 Å². The highest BCUT2D eigenvalue weighted by molar-refractivity contribution is 7.15. The van der Waals surface area contributed by atoms with Crippen molar-refractivity contribution in [3.8, 4) is 10.4 Å². The van der Waals surface area contributed by atoms with E-state index in [0.717, 1.165) is 34.8 Å². The van der Waals surface area contributed by atoms with E-state index in [0.29, 0.717) is 6.42 Å². The molecular weight excluding hydrogens is 295 g/mol. The standard InChI is InChI=1S/C14H11F5S/c1-2-3-8-6-11(17)13(20-8)7-4-9(15)12(14(18)19)10(16)5-7/h4-6,14H,2-3H2,1H3. The lowest BCUT2D eigenvalue weighted by molar-refractivity contribution is 0.141. The Labute approximate surface area is 116 Å². The highest BCUT2D eigenvalue weighted by atomic mass is 32.1. The molecule has 0 aliphatic rings. The fourth-order valence-electron chi connectivity index (χ4n) is 1.91. The van der Waals surface area contributed by atoms with Crippen molar-refractivity contribution >= 4 is 11.3 Å². The molecule has 0 spiro atoms. The van der Waals surface area contributed by atoms with Crippen molar-refractivity contribution in [3.05, 3.63) is 46.1 Å². The molecular formula is C14H11F5S. The molecule has 0 radical (unpaired) electrons. The van der Waals surface area contributed by atoms with Gasteiger partial charge in [-0.25, -0.2) is 22.0 Å². The number of hydrogen-bond donors (Lipinski definition) is 0. The number of benzene rings is 1. The summed E-state index contributed by atoms with van der Waals surface area (Å²) in [7, 11) is 0. The number of thiophene rings is 1. The molecule has 108 valence electrons.